The Hall–Kier alpha value is -0.910. The Bertz CT molecular complexity index is 430. The molecule has 1 saturated carbocycles. The average molecular weight is 266 g/mol. The van der Waals surface area contributed by atoms with E-state index in [-0.39, 0.29) is 0 Å². The molecule has 2 N–H and O–H groups in total. The Morgan fingerprint density at radius 3 is 3.06 bits per heavy atom. The minimum atomic E-state index is -0.743. The highest BCUT2D eigenvalue weighted by atomic mass is 32.1. The van der Waals surface area contributed by atoms with E-state index in [1.54, 1.807) is 11.3 Å². The summed E-state index contributed by atoms with van der Waals surface area (Å²) in [5, 5.41) is 14.8. The summed E-state index contributed by atoms with van der Waals surface area (Å²) in [6, 6.07) is 4.69. The molecular weight excluding hydrogens is 248 g/mol. The van der Waals surface area contributed by atoms with Crippen LogP contribution in [0.2, 0.25) is 0 Å². The summed E-state index contributed by atoms with van der Waals surface area (Å²) in [6.07, 6.45) is 3.19. The lowest BCUT2D eigenvalue weighted by Crippen LogP contribution is -2.53. The Morgan fingerprint density at radius 2 is 2.44 bits per heavy atom. The summed E-state index contributed by atoms with van der Waals surface area (Å²) in [5.41, 5.74) is -0.743. The first-order valence-corrected chi connectivity index (χ1v) is 7.32. The Kier molecular flexibility index (Phi) is 3.13. The third kappa shape index (κ3) is 2.30. The van der Waals surface area contributed by atoms with Gasteiger partial charge in [0.25, 0.3) is 0 Å². The van der Waals surface area contributed by atoms with Crippen molar-refractivity contribution >= 4 is 17.3 Å². The van der Waals surface area contributed by atoms with E-state index in [9.17, 15) is 9.90 Å². The van der Waals surface area contributed by atoms with E-state index < -0.39 is 11.5 Å². The molecular formula is C13H18N2O2S. The number of carbonyl (C=O) groups is 1. The van der Waals surface area contributed by atoms with Crippen LogP contribution in [0.5, 0.6) is 0 Å². The van der Waals surface area contributed by atoms with Crippen LogP contribution in [0.4, 0.5) is 0 Å². The van der Waals surface area contributed by atoms with Crippen molar-refractivity contribution in [3.05, 3.63) is 22.4 Å². The first-order valence-electron chi connectivity index (χ1n) is 6.44. The Labute approximate surface area is 111 Å². The third-order valence-corrected chi connectivity index (χ3v) is 4.83. The van der Waals surface area contributed by atoms with E-state index in [1.165, 1.54) is 17.7 Å². The predicted octanol–water partition coefficient (Wildman–Crippen LogP) is 1.53. The molecule has 4 nitrogen and oxygen atoms in total. The van der Waals surface area contributed by atoms with Crippen LogP contribution in [0, 0.1) is 0 Å². The number of hydrogen-bond acceptors (Lipinski definition) is 4. The van der Waals surface area contributed by atoms with Crippen LogP contribution < -0.4 is 5.32 Å². The van der Waals surface area contributed by atoms with Gasteiger partial charge >= 0.3 is 5.97 Å². The fourth-order valence-electron chi connectivity index (χ4n) is 2.65. The van der Waals surface area contributed by atoms with Crippen molar-refractivity contribution in [1.82, 2.24) is 10.2 Å². The van der Waals surface area contributed by atoms with E-state index in [1.807, 2.05) is 17.5 Å². The maximum absolute atomic E-state index is 11.6. The molecule has 1 atom stereocenters. The van der Waals surface area contributed by atoms with Crippen molar-refractivity contribution < 1.29 is 9.90 Å². The number of rotatable bonds is 5. The fourth-order valence-corrected chi connectivity index (χ4v) is 3.30. The van der Waals surface area contributed by atoms with Crippen LogP contribution in [0.25, 0.3) is 0 Å². The van der Waals surface area contributed by atoms with Gasteiger partial charge in [0, 0.05) is 30.6 Å². The zero-order chi connectivity index (χ0) is 12.6. The monoisotopic (exact) mass is 266 g/mol. The van der Waals surface area contributed by atoms with Gasteiger partial charge in [-0.15, -0.1) is 11.3 Å². The maximum atomic E-state index is 11.6. The van der Waals surface area contributed by atoms with Gasteiger partial charge in [-0.25, -0.2) is 0 Å². The zero-order valence-electron chi connectivity index (χ0n) is 10.3. The predicted molar refractivity (Wildman–Crippen MR) is 70.7 cm³/mol. The Balaban J connectivity index is 1.66. The van der Waals surface area contributed by atoms with Crippen LogP contribution in [0.15, 0.2) is 17.5 Å². The van der Waals surface area contributed by atoms with Gasteiger partial charge in [0.15, 0.2) is 0 Å². The number of carboxylic acids is 1. The fraction of sp³-hybridized carbons (Fsp3) is 0.615. The highest BCUT2D eigenvalue weighted by Gasteiger charge is 2.47. The molecule has 1 saturated heterocycles. The summed E-state index contributed by atoms with van der Waals surface area (Å²) in [4.78, 5) is 15.1. The van der Waals surface area contributed by atoms with Crippen molar-refractivity contribution in [2.75, 3.05) is 13.1 Å². The van der Waals surface area contributed by atoms with Gasteiger partial charge in [-0.3, -0.25) is 15.0 Å². The molecule has 1 aliphatic carbocycles. The second kappa shape index (κ2) is 4.64. The number of nitrogens with zero attached hydrogens (tertiary/aromatic N) is 1. The second-order valence-electron chi connectivity index (χ2n) is 5.27. The number of aliphatic carboxylic acids is 1. The first kappa shape index (κ1) is 12.1. The van der Waals surface area contributed by atoms with Gasteiger partial charge in [0.2, 0.25) is 0 Å². The van der Waals surface area contributed by atoms with Gasteiger partial charge in [0.05, 0.1) is 0 Å². The van der Waals surface area contributed by atoms with Gasteiger partial charge in [-0.2, -0.15) is 0 Å². The lowest BCUT2D eigenvalue weighted by atomic mass is 9.99. The number of hydrogen-bond donors (Lipinski definition) is 2. The van der Waals surface area contributed by atoms with E-state index in [0.717, 1.165) is 6.54 Å². The van der Waals surface area contributed by atoms with Gasteiger partial charge in [0.1, 0.15) is 5.54 Å². The number of thiophene rings is 1. The minimum absolute atomic E-state index is 0.648. The second-order valence-corrected chi connectivity index (χ2v) is 6.30. The quantitative estimate of drug-likeness (QED) is 0.848. The molecule has 0 aromatic carbocycles. The molecule has 18 heavy (non-hydrogen) atoms. The topological polar surface area (TPSA) is 52.6 Å². The summed E-state index contributed by atoms with van der Waals surface area (Å²) in [5.74, 6) is -0.706. The molecule has 1 aliphatic heterocycles. The molecule has 2 fully saturated rings. The van der Waals surface area contributed by atoms with Crippen LogP contribution in [0.3, 0.4) is 0 Å². The summed E-state index contributed by atoms with van der Waals surface area (Å²) >= 11 is 1.67. The molecule has 0 amide bonds. The molecule has 5 heteroatoms. The van der Waals surface area contributed by atoms with E-state index in [4.69, 9.17) is 0 Å². The molecule has 0 bridgehead atoms. The number of nitrogens with one attached hydrogen (secondary N) is 1. The minimum Gasteiger partial charge on any atom is -0.480 e. The summed E-state index contributed by atoms with van der Waals surface area (Å²) in [7, 11) is 0. The van der Waals surface area contributed by atoms with Crippen molar-refractivity contribution in [3.8, 4) is 0 Å². The van der Waals surface area contributed by atoms with Crippen LogP contribution in [-0.4, -0.2) is 40.6 Å². The molecule has 0 radical (unpaired) electrons. The molecule has 0 spiro atoms. The number of likely N-dealkylation sites (tertiary alicyclic amines) is 1. The van der Waals surface area contributed by atoms with Crippen LogP contribution in [0.1, 0.15) is 24.1 Å². The smallest absolute Gasteiger partial charge is 0.325 e. The van der Waals surface area contributed by atoms with Crippen molar-refractivity contribution in [3.63, 3.8) is 0 Å². The highest BCUT2D eigenvalue weighted by Crippen LogP contribution is 2.33. The molecule has 2 heterocycles. The zero-order valence-corrected chi connectivity index (χ0v) is 11.1. The highest BCUT2D eigenvalue weighted by molar-refractivity contribution is 7.09. The molecule has 1 aromatic rings. The first-order chi connectivity index (χ1) is 8.70. The molecule has 1 unspecified atom stereocenters. The molecule has 98 valence electrons. The third-order valence-electron chi connectivity index (χ3n) is 3.95. The molecule has 2 aliphatic rings. The lowest BCUT2D eigenvalue weighted by molar-refractivity contribution is -0.144. The van der Waals surface area contributed by atoms with E-state index >= 15 is 0 Å². The SMILES string of the molecule is O=C(O)C1(NCc2cccs2)CCN(C2CC2)C1. The largest absolute Gasteiger partial charge is 0.480 e. The number of carboxylic acid groups (broad SMARTS) is 1. The van der Waals surface area contributed by atoms with Crippen LogP contribution >= 0.6 is 11.3 Å². The molecule has 3 rings (SSSR count). The summed E-state index contributed by atoms with van der Waals surface area (Å²) < 4.78 is 0. The van der Waals surface area contributed by atoms with Gasteiger partial charge in [-0.1, -0.05) is 6.07 Å². The molecule has 1 aromatic heterocycles. The van der Waals surface area contributed by atoms with Crippen molar-refractivity contribution in [2.24, 2.45) is 0 Å². The standard InChI is InChI=1S/C13H18N2O2S/c16-12(17)13(14-8-11-2-1-7-18-11)5-6-15(9-13)10-3-4-10/h1-2,7,10,14H,3-6,8-9H2,(H,16,17). The van der Waals surface area contributed by atoms with Crippen LogP contribution in [-0.2, 0) is 11.3 Å². The summed E-state index contributed by atoms with van der Waals surface area (Å²) in [6.45, 7) is 2.22. The van der Waals surface area contributed by atoms with Crippen molar-refractivity contribution in [1.29, 1.82) is 0 Å². The van der Waals surface area contributed by atoms with E-state index in [2.05, 4.69) is 10.2 Å². The average Bonchev–Trinajstić information content (AvgIpc) is 2.92. The van der Waals surface area contributed by atoms with Crippen molar-refractivity contribution in [2.45, 2.75) is 37.4 Å². The Morgan fingerprint density at radius 1 is 1.61 bits per heavy atom. The lowest BCUT2D eigenvalue weighted by Gasteiger charge is -2.26. The van der Waals surface area contributed by atoms with Gasteiger partial charge in [-0.05, 0) is 30.7 Å². The normalized spacial score (nSPS) is 28.7. The van der Waals surface area contributed by atoms with Gasteiger partial charge < -0.3 is 5.11 Å². The van der Waals surface area contributed by atoms with E-state index in [0.29, 0.717) is 25.6 Å². The maximum Gasteiger partial charge on any atom is 0.325 e.